The lowest BCUT2D eigenvalue weighted by Gasteiger charge is -2.13. The number of anilines is 1. The molecule has 2 aromatic carbocycles. The van der Waals surface area contributed by atoms with Crippen LogP contribution in [0.5, 0.6) is 0 Å². The maximum absolute atomic E-state index is 13.2. The van der Waals surface area contributed by atoms with Crippen molar-refractivity contribution >= 4 is 33.9 Å². The number of aryl methyl sites for hydroxylation is 1. The van der Waals surface area contributed by atoms with E-state index in [0.29, 0.717) is 35.6 Å². The Labute approximate surface area is 186 Å². The summed E-state index contributed by atoms with van der Waals surface area (Å²) in [6.45, 7) is 1.89. The van der Waals surface area contributed by atoms with Crippen molar-refractivity contribution in [3.63, 3.8) is 0 Å². The zero-order valence-electron chi connectivity index (χ0n) is 18.0. The van der Waals surface area contributed by atoms with E-state index in [4.69, 9.17) is 20.4 Å². The molecule has 7 heteroatoms. The van der Waals surface area contributed by atoms with E-state index < -0.39 is 0 Å². The lowest BCUT2D eigenvalue weighted by Crippen LogP contribution is -2.26. The van der Waals surface area contributed by atoms with Crippen molar-refractivity contribution in [3.05, 3.63) is 65.7 Å². The number of amides is 1. The number of carbonyl (C=O) groups is 1. The number of fused-ring (bicyclic) bond motifs is 2. The van der Waals surface area contributed by atoms with Gasteiger partial charge in [0.25, 0.3) is 5.91 Å². The van der Waals surface area contributed by atoms with Gasteiger partial charge in [-0.3, -0.25) is 4.79 Å². The molecule has 5 rings (SSSR count). The predicted molar refractivity (Wildman–Crippen MR) is 126 cm³/mol. The van der Waals surface area contributed by atoms with Gasteiger partial charge in [-0.05, 0) is 43.4 Å². The third-order valence-corrected chi connectivity index (χ3v) is 6.00. The summed E-state index contributed by atoms with van der Waals surface area (Å²) in [5, 5.41) is 3.03. The highest BCUT2D eigenvalue weighted by atomic mass is 16.5. The summed E-state index contributed by atoms with van der Waals surface area (Å²) in [6, 6.07) is 17.9. The fraction of sp³-hybridized carbons (Fsp3) is 0.320. The van der Waals surface area contributed by atoms with Crippen LogP contribution in [0.15, 0.2) is 54.6 Å². The van der Waals surface area contributed by atoms with E-state index >= 15 is 0 Å². The molecule has 4 aromatic rings. The monoisotopic (exact) mass is 429 g/mol. The zero-order valence-corrected chi connectivity index (χ0v) is 18.0. The minimum Gasteiger partial charge on any atom is -0.384 e. The highest BCUT2D eigenvalue weighted by Crippen LogP contribution is 2.29. The highest BCUT2D eigenvalue weighted by Gasteiger charge is 2.26. The first-order chi connectivity index (χ1) is 15.7. The van der Waals surface area contributed by atoms with E-state index in [0.717, 1.165) is 43.3 Å². The molecule has 1 atom stereocenters. The molecule has 0 radical (unpaired) electrons. The standard InChI is InChI=1S/C25H27N5O2/c26-23-21(25(31)27-14-6-10-17-8-2-1-3-9-17)22-24(30(23)16-18-11-7-15-32-18)29-20-13-5-4-12-19(20)28-22/h1-5,8-9,12-13,18H,6-7,10-11,14-16,26H2,(H,27,31)/t18-/m1/s1. The molecule has 3 heterocycles. The molecule has 7 nitrogen and oxygen atoms in total. The Morgan fingerprint density at radius 2 is 1.84 bits per heavy atom. The van der Waals surface area contributed by atoms with Crippen molar-refractivity contribution in [1.82, 2.24) is 19.9 Å². The number of benzene rings is 2. The molecular weight excluding hydrogens is 402 g/mol. The van der Waals surface area contributed by atoms with Crippen molar-refractivity contribution in [2.45, 2.75) is 38.3 Å². The highest BCUT2D eigenvalue weighted by molar-refractivity contribution is 6.10. The van der Waals surface area contributed by atoms with Crippen LogP contribution in [0.1, 0.15) is 35.2 Å². The van der Waals surface area contributed by atoms with Gasteiger partial charge in [0.1, 0.15) is 16.9 Å². The Morgan fingerprint density at radius 1 is 1.09 bits per heavy atom. The molecule has 0 bridgehead atoms. The van der Waals surface area contributed by atoms with Crippen molar-refractivity contribution in [2.75, 3.05) is 18.9 Å². The topological polar surface area (TPSA) is 95.1 Å². The number of hydrogen-bond acceptors (Lipinski definition) is 5. The lowest BCUT2D eigenvalue weighted by atomic mass is 10.1. The maximum atomic E-state index is 13.2. The number of ether oxygens (including phenoxy) is 1. The van der Waals surface area contributed by atoms with Crippen molar-refractivity contribution in [3.8, 4) is 0 Å². The number of nitrogen functional groups attached to an aromatic ring is 1. The molecule has 1 saturated heterocycles. The summed E-state index contributed by atoms with van der Waals surface area (Å²) in [5.41, 5.74) is 10.9. The van der Waals surface area contributed by atoms with Crippen LogP contribution in [0.3, 0.4) is 0 Å². The van der Waals surface area contributed by atoms with Crippen LogP contribution in [0.2, 0.25) is 0 Å². The SMILES string of the molecule is Nc1c(C(=O)NCCCc2ccccc2)c2nc3ccccc3nc2n1C[C@H]1CCCO1. The number of nitrogens with one attached hydrogen (secondary N) is 1. The first-order valence-corrected chi connectivity index (χ1v) is 11.2. The second kappa shape index (κ2) is 8.96. The largest absolute Gasteiger partial charge is 0.384 e. The predicted octanol–water partition coefficient (Wildman–Crippen LogP) is 3.71. The van der Waals surface area contributed by atoms with Gasteiger partial charge in [-0.1, -0.05) is 42.5 Å². The summed E-state index contributed by atoms with van der Waals surface area (Å²) < 4.78 is 7.71. The van der Waals surface area contributed by atoms with Gasteiger partial charge in [0.05, 0.1) is 23.7 Å². The molecule has 0 spiro atoms. The Hall–Kier alpha value is -3.45. The first kappa shape index (κ1) is 20.5. The summed E-state index contributed by atoms with van der Waals surface area (Å²) >= 11 is 0. The first-order valence-electron chi connectivity index (χ1n) is 11.2. The van der Waals surface area contributed by atoms with Gasteiger partial charge in [0.2, 0.25) is 0 Å². The molecule has 1 fully saturated rings. The molecule has 0 unspecified atom stereocenters. The summed E-state index contributed by atoms with van der Waals surface area (Å²) in [7, 11) is 0. The van der Waals surface area contributed by atoms with Gasteiger partial charge in [-0.15, -0.1) is 0 Å². The van der Waals surface area contributed by atoms with Crippen LogP contribution in [0, 0.1) is 0 Å². The quantitative estimate of drug-likeness (QED) is 0.437. The minimum atomic E-state index is -0.212. The fourth-order valence-electron chi connectivity index (χ4n) is 4.35. The normalized spacial score (nSPS) is 16.1. The molecule has 3 N–H and O–H groups in total. The van der Waals surface area contributed by atoms with E-state index in [1.807, 2.05) is 47.0 Å². The van der Waals surface area contributed by atoms with Crippen LogP contribution >= 0.6 is 0 Å². The average molecular weight is 430 g/mol. The second-order valence-electron chi connectivity index (χ2n) is 8.24. The number of rotatable bonds is 7. The Kier molecular flexibility index (Phi) is 5.73. The number of hydrogen-bond donors (Lipinski definition) is 2. The average Bonchev–Trinajstić information content (AvgIpc) is 3.42. The van der Waals surface area contributed by atoms with Gasteiger partial charge in [0.15, 0.2) is 5.65 Å². The molecule has 164 valence electrons. The molecule has 1 aliphatic rings. The van der Waals surface area contributed by atoms with Crippen LogP contribution in [-0.4, -0.2) is 39.7 Å². The molecule has 32 heavy (non-hydrogen) atoms. The van der Waals surface area contributed by atoms with E-state index in [1.54, 1.807) is 0 Å². The maximum Gasteiger partial charge on any atom is 0.257 e. The number of aromatic nitrogens is 3. The summed E-state index contributed by atoms with van der Waals surface area (Å²) in [4.78, 5) is 22.7. The smallest absolute Gasteiger partial charge is 0.257 e. The molecule has 0 aliphatic carbocycles. The molecule has 0 saturated carbocycles. The third-order valence-electron chi connectivity index (χ3n) is 6.00. The van der Waals surface area contributed by atoms with Crippen LogP contribution in [0.4, 0.5) is 5.82 Å². The Balaban J connectivity index is 1.43. The van der Waals surface area contributed by atoms with Crippen molar-refractivity contribution < 1.29 is 9.53 Å². The summed E-state index contributed by atoms with van der Waals surface area (Å²) in [6.07, 6.45) is 3.83. The van der Waals surface area contributed by atoms with Gasteiger partial charge in [-0.2, -0.15) is 0 Å². The van der Waals surface area contributed by atoms with Crippen LogP contribution in [0.25, 0.3) is 22.2 Å². The number of para-hydroxylation sites is 2. The molecular formula is C25H27N5O2. The van der Waals surface area contributed by atoms with E-state index in [1.165, 1.54) is 5.56 Å². The van der Waals surface area contributed by atoms with Crippen molar-refractivity contribution in [1.29, 1.82) is 0 Å². The van der Waals surface area contributed by atoms with Crippen LogP contribution in [-0.2, 0) is 17.7 Å². The van der Waals surface area contributed by atoms with E-state index in [9.17, 15) is 4.79 Å². The van der Waals surface area contributed by atoms with Crippen LogP contribution < -0.4 is 11.1 Å². The summed E-state index contributed by atoms with van der Waals surface area (Å²) in [5.74, 6) is 0.183. The van der Waals surface area contributed by atoms with Gasteiger partial charge in [-0.25, -0.2) is 9.97 Å². The minimum absolute atomic E-state index is 0.0722. The number of carbonyl (C=O) groups excluding carboxylic acids is 1. The lowest BCUT2D eigenvalue weighted by molar-refractivity contribution is 0.0949. The van der Waals surface area contributed by atoms with E-state index in [-0.39, 0.29) is 12.0 Å². The third kappa shape index (κ3) is 4.03. The van der Waals surface area contributed by atoms with Gasteiger partial charge < -0.3 is 20.4 Å². The van der Waals surface area contributed by atoms with Gasteiger partial charge in [0, 0.05) is 13.2 Å². The Morgan fingerprint density at radius 3 is 2.59 bits per heavy atom. The Bertz CT molecular complexity index is 1250. The van der Waals surface area contributed by atoms with Gasteiger partial charge >= 0.3 is 0 Å². The number of nitrogens with zero attached hydrogens (tertiary/aromatic N) is 3. The molecule has 1 aliphatic heterocycles. The molecule has 2 aromatic heterocycles. The second-order valence-corrected chi connectivity index (χ2v) is 8.24. The molecule has 1 amide bonds. The van der Waals surface area contributed by atoms with Crippen molar-refractivity contribution in [2.24, 2.45) is 0 Å². The zero-order chi connectivity index (χ0) is 21.9. The van der Waals surface area contributed by atoms with E-state index in [2.05, 4.69) is 17.4 Å². The number of nitrogens with two attached hydrogens (primary N) is 1. The fourth-order valence-corrected chi connectivity index (χ4v) is 4.35.